The topological polar surface area (TPSA) is 56.7 Å². The summed E-state index contributed by atoms with van der Waals surface area (Å²) in [7, 11) is 1.79. The second kappa shape index (κ2) is 9.25. The Morgan fingerprint density at radius 1 is 1.25 bits per heavy atom. The van der Waals surface area contributed by atoms with Gasteiger partial charge in [-0.3, -0.25) is 9.79 Å². The van der Waals surface area contributed by atoms with E-state index in [1.807, 2.05) is 20.8 Å². The summed E-state index contributed by atoms with van der Waals surface area (Å²) >= 11 is 0. The molecule has 1 amide bonds. The zero-order valence-electron chi connectivity index (χ0n) is 15.1. The van der Waals surface area contributed by atoms with E-state index < -0.39 is 5.41 Å². The van der Waals surface area contributed by atoms with Gasteiger partial charge in [0.2, 0.25) is 5.91 Å². The molecule has 0 atom stereocenters. The Bertz CT molecular complexity index is 586. The first-order valence-electron chi connectivity index (χ1n) is 8.28. The number of amides is 1. The zero-order chi connectivity index (χ0) is 16.9. The molecule has 1 aliphatic heterocycles. The highest BCUT2D eigenvalue weighted by molar-refractivity contribution is 14.0. The first-order valence-corrected chi connectivity index (χ1v) is 8.28. The smallest absolute Gasteiger partial charge is 0.227 e. The number of aliphatic imine (C=N–C) groups is 1. The van der Waals surface area contributed by atoms with Gasteiger partial charge in [-0.25, -0.2) is 0 Å². The second-order valence-corrected chi connectivity index (χ2v) is 6.58. The van der Waals surface area contributed by atoms with Crippen LogP contribution in [0.25, 0.3) is 0 Å². The monoisotopic (exact) mass is 444 g/mol. The van der Waals surface area contributed by atoms with Crippen molar-refractivity contribution in [1.29, 1.82) is 0 Å². The highest BCUT2D eigenvalue weighted by atomic mass is 127. The van der Waals surface area contributed by atoms with Gasteiger partial charge in [0.1, 0.15) is 0 Å². The molecule has 0 aromatic heterocycles. The summed E-state index contributed by atoms with van der Waals surface area (Å²) in [6, 6.07) is 8.54. The van der Waals surface area contributed by atoms with Gasteiger partial charge in [-0.05, 0) is 38.3 Å². The summed E-state index contributed by atoms with van der Waals surface area (Å²) in [5, 5.41) is 6.25. The summed E-state index contributed by atoms with van der Waals surface area (Å²) in [6.07, 6.45) is 1.02. The predicted octanol–water partition coefficient (Wildman–Crippen LogP) is 2.40. The van der Waals surface area contributed by atoms with E-state index in [0.29, 0.717) is 13.1 Å². The molecule has 1 aromatic carbocycles. The fourth-order valence-electron chi connectivity index (χ4n) is 2.79. The van der Waals surface area contributed by atoms with Crippen LogP contribution >= 0.6 is 24.0 Å². The van der Waals surface area contributed by atoms with Crippen molar-refractivity contribution in [3.8, 4) is 0 Å². The zero-order valence-corrected chi connectivity index (χ0v) is 17.4. The highest BCUT2D eigenvalue weighted by Crippen LogP contribution is 2.19. The molecule has 0 fully saturated rings. The summed E-state index contributed by atoms with van der Waals surface area (Å²) in [5.74, 6) is 0.920. The molecular weight excluding hydrogens is 415 g/mol. The van der Waals surface area contributed by atoms with E-state index in [9.17, 15) is 4.79 Å². The number of halogens is 1. The SMILES string of the molecule is CCNC(=O)C(C)(C)CNC(=NC)N1CCc2ccccc2C1.I. The van der Waals surface area contributed by atoms with Crippen LogP contribution in [0.15, 0.2) is 29.3 Å². The van der Waals surface area contributed by atoms with Gasteiger partial charge in [-0.15, -0.1) is 24.0 Å². The third kappa shape index (κ3) is 5.09. The van der Waals surface area contributed by atoms with Crippen LogP contribution in [-0.2, 0) is 17.8 Å². The van der Waals surface area contributed by atoms with E-state index in [1.54, 1.807) is 7.05 Å². The van der Waals surface area contributed by atoms with Crippen LogP contribution in [0.4, 0.5) is 0 Å². The van der Waals surface area contributed by atoms with Gasteiger partial charge in [0.25, 0.3) is 0 Å². The number of nitrogens with zero attached hydrogens (tertiary/aromatic N) is 2. The minimum atomic E-state index is -0.473. The summed E-state index contributed by atoms with van der Waals surface area (Å²) in [5.41, 5.74) is 2.30. The van der Waals surface area contributed by atoms with Gasteiger partial charge in [0.05, 0.1) is 5.41 Å². The van der Waals surface area contributed by atoms with Gasteiger partial charge < -0.3 is 15.5 Å². The fraction of sp³-hybridized carbons (Fsp3) is 0.556. The molecule has 2 N–H and O–H groups in total. The van der Waals surface area contributed by atoms with E-state index >= 15 is 0 Å². The lowest BCUT2D eigenvalue weighted by Crippen LogP contribution is -2.50. The van der Waals surface area contributed by atoms with E-state index in [0.717, 1.165) is 25.5 Å². The van der Waals surface area contributed by atoms with Gasteiger partial charge in [0, 0.05) is 33.2 Å². The largest absolute Gasteiger partial charge is 0.356 e. The van der Waals surface area contributed by atoms with Crippen molar-refractivity contribution < 1.29 is 4.79 Å². The van der Waals surface area contributed by atoms with Crippen LogP contribution in [0.3, 0.4) is 0 Å². The van der Waals surface area contributed by atoms with Crippen molar-refractivity contribution in [3.63, 3.8) is 0 Å². The molecule has 0 saturated carbocycles. The Labute approximate surface area is 162 Å². The Hall–Kier alpha value is -1.31. The van der Waals surface area contributed by atoms with Crippen LogP contribution in [0.2, 0.25) is 0 Å². The molecule has 24 heavy (non-hydrogen) atoms. The summed E-state index contributed by atoms with van der Waals surface area (Å²) in [4.78, 5) is 18.7. The maximum atomic E-state index is 12.1. The minimum absolute atomic E-state index is 0. The van der Waals surface area contributed by atoms with Crippen molar-refractivity contribution in [3.05, 3.63) is 35.4 Å². The van der Waals surface area contributed by atoms with Gasteiger partial charge in [0.15, 0.2) is 5.96 Å². The number of fused-ring (bicyclic) bond motifs is 1. The molecular formula is C18H29IN4O. The van der Waals surface area contributed by atoms with Gasteiger partial charge in [-0.1, -0.05) is 24.3 Å². The van der Waals surface area contributed by atoms with Crippen molar-refractivity contribution in [2.24, 2.45) is 10.4 Å². The third-order valence-corrected chi connectivity index (χ3v) is 4.28. The molecule has 1 heterocycles. The number of carbonyl (C=O) groups excluding carboxylic acids is 1. The number of rotatable bonds is 4. The quantitative estimate of drug-likeness (QED) is 0.426. The molecule has 0 radical (unpaired) electrons. The highest BCUT2D eigenvalue weighted by Gasteiger charge is 2.28. The first-order chi connectivity index (χ1) is 11.0. The van der Waals surface area contributed by atoms with E-state index in [4.69, 9.17) is 0 Å². The molecule has 2 rings (SSSR count). The number of nitrogens with one attached hydrogen (secondary N) is 2. The summed E-state index contributed by atoms with van der Waals surface area (Å²) in [6.45, 7) is 8.85. The maximum Gasteiger partial charge on any atom is 0.227 e. The van der Waals surface area contributed by atoms with E-state index in [1.165, 1.54) is 11.1 Å². The number of hydrogen-bond acceptors (Lipinski definition) is 2. The molecule has 0 saturated heterocycles. The molecule has 0 spiro atoms. The molecule has 0 unspecified atom stereocenters. The van der Waals surface area contributed by atoms with E-state index in [2.05, 4.69) is 44.8 Å². The molecule has 0 aliphatic carbocycles. The van der Waals surface area contributed by atoms with Gasteiger partial charge in [-0.2, -0.15) is 0 Å². The molecule has 1 aliphatic rings. The number of hydrogen-bond donors (Lipinski definition) is 2. The number of guanidine groups is 1. The average molecular weight is 444 g/mol. The number of benzene rings is 1. The molecule has 5 nitrogen and oxygen atoms in total. The van der Waals surface area contributed by atoms with Crippen LogP contribution < -0.4 is 10.6 Å². The maximum absolute atomic E-state index is 12.1. The minimum Gasteiger partial charge on any atom is -0.356 e. The predicted molar refractivity (Wildman–Crippen MR) is 110 cm³/mol. The van der Waals surface area contributed by atoms with Crippen LogP contribution in [0.1, 0.15) is 31.9 Å². The standard InChI is InChI=1S/C18H28N4O.HI/c1-5-20-16(23)18(2,3)13-21-17(19-4)22-11-10-14-8-6-7-9-15(14)12-22;/h6-9H,5,10-13H2,1-4H3,(H,19,21)(H,20,23);1H. The van der Waals surface area contributed by atoms with Crippen molar-refractivity contribution in [2.45, 2.75) is 33.7 Å². The lowest BCUT2D eigenvalue weighted by molar-refractivity contribution is -0.128. The number of carbonyl (C=O) groups is 1. The molecule has 1 aromatic rings. The Kier molecular flexibility index (Phi) is 7.99. The van der Waals surface area contributed by atoms with E-state index in [-0.39, 0.29) is 29.9 Å². The van der Waals surface area contributed by atoms with Crippen LogP contribution in [-0.4, -0.2) is 43.4 Å². The molecule has 0 bridgehead atoms. The lowest BCUT2D eigenvalue weighted by Gasteiger charge is -2.33. The average Bonchev–Trinajstić information content (AvgIpc) is 2.55. The normalized spacial score (nSPS) is 14.5. The van der Waals surface area contributed by atoms with Crippen molar-refractivity contribution in [2.75, 3.05) is 26.7 Å². The molecule has 134 valence electrons. The molecule has 6 heteroatoms. The Morgan fingerprint density at radius 2 is 1.92 bits per heavy atom. The van der Waals surface area contributed by atoms with Gasteiger partial charge >= 0.3 is 0 Å². The summed E-state index contributed by atoms with van der Waals surface area (Å²) < 4.78 is 0. The Balaban J connectivity index is 0.00000288. The first kappa shape index (κ1) is 20.7. The van der Waals surface area contributed by atoms with Crippen molar-refractivity contribution >= 4 is 35.8 Å². The fourth-order valence-corrected chi connectivity index (χ4v) is 2.79. The van der Waals surface area contributed by atoms with Crippen LogP contribution in [0, 0.1) is 5.41 Å². The second-order valence-electron chi connectivity index (χ2n) is 6.58. The Morgan fingerprint density at radius 3 is 2.54 bits per heavy atom. The third-order valence-electron chi connectivity index (χ3n) is 4.28. The van der Waals surface area contributed by atoms with Crippen molar-refractivity contribution in [1.82, 2.24) is 15.5 Å². The van der Waals surface area contributed by atoms with Crippen LogP contribution in [0.5, 0.6) is 0 Å². The lowest BCUT2D eigenvalue weighted by atomic mass is 9.92.